The van der Waals surface area contributed by atoms with Gasteiger partial charge in [-0.25, -0.2) is 0 Å². The van der Waals surface area contributed by atoms with E-state index in [0.29, 0.717) is 6.54 Å². The third kappa shape index (κ3) is 2.99. The van der Waals surface area contributed by atoms with Crippen molar-refractivity contribution in [2.45, 2.75) is 26.8 Å². The summed E-state index contributed by atoms with van der Waals surface area (Å²) in [6.07, 6.45) is 2.26. The van der Waals surface area contributed by atoms with Crippen LogP contribution in [0.15, 0.2) is 26.1 Å². The van der Waals surface area contributed by atoms with Crippen molar-refractivity contribution in [3.05, 3.63) is 49.7 Å². The number of aryl methyl sites for hydroxylation is 1. The molecule has 0 saturated carbocycles. The Bertz CT molecular complexity index is 764. The molecule has 0 aliphatic rings. The van der Waals surface area contributed by atoms with Crippen molar-refractivity contribution in [2.24, 2.45) is 7.05 Å². The van der Waals surface area contributed by atoms with Gasteiger partial charge >= 0.3 is 0 Å². The standard InChI is InChI=1S/C15H18BrN3O3/c1-5-13-10(8-22-17-13)7-18(3)14(20)11-6-12(16)9(2)19(4)15(11)21/h6,8H,5,7H2,1-4H3. The Morgan fingerprint density at radius 1 is 1.50 bits per heavy atom. The van der Waals surface area contributed by atoms with Crippen LogP contribution < -0.4 is 5.56 Å². The number of rotatable bonds is 4. The van der Waals surface area contributed by atoms with Crippen LogP contribution in [-0.4, -0.2) is 27.6 Å². The minimum atomic E-state index is -0.329. The van der Waals surface area contributed by atoms with Gasteiger partial charge in [-0.05, 0) is 35.3 Å². The molecule has 0 saturated heterocycles. The van der Waals surface area contributed by atoms with Crippen LogP contribution >= 0.6 is 15.9 Å². The van der Waals surface area contributed by atoms with Crippen LogP contribution in [0.5, 0.6) is 0 Å². The fourth-order valence-corrected chi connectivity index (χ4v) is 2.67. The lowest BCUT2D eigenvalue weighted by molar-refractivity contribution is 0.0782. The lowest BCUT2D eigenvalue weighted by atomic mass is 10.1. The summed E-state index contributed by atoms with van der Waals surface area (Å²) >= 11 is 3.38. The smallest absolute Gasteiger partial charge is 0.263 e. The highest BCUT2D eigenvalue weighted by atomic mass is 79.9. The number of carbonyl (C=O) groups excluding carboxylic acids is 1. The molecule has 0 aliphatic carbocycles. The molecule has 0 N–H and O–H groups in total. The molecule has 2 aromatic rings. The zero-order valence-electron chi connectivity index (χ0n) is 13.0. The summed E-state index contributed by atoms with van der Waals surface area (Å²) in [5.41, 5.74) is 2.27. The van der Waals surface area contributed by atoms with E-state index in [2.05, 4.69) is 21.1 Å². The molecule has 2 aromatic heterocycles. The summed E-state index contributed by atoms with van der Waals surface area (Å²) < 4.78 is 7.13. The average Bonchev–Trinajstić information content (AvgIpc) is 2.95. The van der Waals surface area contributed by atoms with Gasteiger partial charge in [0.15, 0.2) is 0 Å². The molecule has 0 aromatic carbocycles. The Morgan fingerprint density at radius 2 is 2.18 bits per heavy atom. The third-order valence-electron chi connectivity index (χ3n) is 3.70. The van der Waals surface area contributed by atoms with Gasteiger partial charge in [0.1, 0.15) is 11.8 Å². The van der Waals surface area contributed by atoms with E-state index in [9.17, 15) is 9.59 Å². The number of hydrogen-bond donors (Lipinski definition) is 0. The Balaban J connectivity index is 2.30. The van der Waals surface area contributed by atoms with E-state index >= 15 is 0 Å². The molecule has 0 spiro atoms. The molecule has 2 heterocycles. The molecule has 0 bridgehead atoms. The van der Waals surface area contributed by atoms with Gasteiger partial charge < -0.3 is 14.0 Å². The van der Waals surface area contributed by atoms with E-state index < -0.39 is 0 Å². The molecule has 2 rings (SSSR count). The first-order chi connectivity index (χ1) is 10.4. The monoisotopic (exact) mass is 367 g/mol. The Hall–Kier alpha value is -1.89. The lowest BCUT2D eigenvalue weighted by Gasteiger charge is -2.17. The largest absolute Gasteiger partial charge is 0.364 e. The van der Waals surface area contributed by atoms with E-state index in [0.717, 1.165) is 27.8 Å². The normalized spacial score (nSPS) is 10.8. The number of aromatic nitrogens is 2. The summed E-state index contributed by atoms with van der Waals surface area (Å²) in [6.45, 7) is 4.13. The molecule has 1 amide bonds. The van der Waals surface area contributed by atoms with Gasteiger partial charge in [-0.15, -0.1) is 0 Å². The van der Waals surface area contributed by atoms with Crippen LogP contribution in [0.1, 0.15) is 34.2 Å². The number of hydrogen-bond acceptors (Lipinski definition) is 4. The Morgan fingerprint density at radius 3 is 2.82 bits per heavy atom. The van der Waals surface area contributed by atoms with Crippen molar-refractivity contribution in [1.29, 1.82) is 0 Å². The molecule has 118 valence electrons. The van der Waals surface area contributed by atoms with E-state index in [1.165, 1.54) is 15.7 Å². The van der Waals surface area contributed by atoms with Crippen LogP contribution in [0.25, 0.3) is 0 Å². The van der Waals surface area contributed by atoms with Crippen LogP contribution in [-0.2, 0) is 20.0 Å². The van der Waals surface area contributed by atoms with Crippen molar-refractivity contribution >= 4 is 21.8 Å². The van der Waals surface area contributed by atoms with Gasteiger partial charge in [-0.3, -0.25) is 9.59 Å². The number of amides is 1. The van der Waals surface area contributed by atoms with E-state index in [4.69, 9.17) is 4.52 Å². The van der Waals surface area contributed by atoms with E-state index in [1.54, 1.807) is 20.2 Å². The minimum Gasteiger partial charge on any atom is -0.364 e. The van der Waals surface area contributed by atoms with Crippen molar-refractivity contribution in [1.82, 2.24) is 14.6 Å². The topological polar surface area (TPSA) is 68.3 Å². The minimum absolute atomic E-state index is 0.136. The van der Waals surface area contributed by atoms with Gasteiger partial charge in [0, 0.05) is 29.8 Å². The first-order valence-electron chi connectivity index (χ1n) is 6.90. The van der Waals surface area contributed by atoms with Gasteiger partial charge in [-0.1, -0.05) is 12.1 Å². The Kier molecular flexibility index (Phi) is 4.85. The lowest BCUT2D eigenvalue weighted by Crippen LogP contribution is -2.34. The van der Waals surface area contributed by atoms with Crippen molar-refractivity contribution in [2.75, 3.05) is 7.05 Å². The van der Waals surface area contributed by atoms with Crippen LogP contribution in [0.2, 0.25) is 0 Å². The van der Waals surface area contributed by atoms with Crippen molar-refractivity contribution in [3.8, 4) is 0 Å². The van der Waals surface area contributed by atoms with E-state index in [1.807, 2.05) is 13.8 Å². The van der Waals surface area contributed by atoms with Gasteiger partial charge in [-0.2, -0.15) is 0 Å². The summed E-state index contributed by atoms with van der Waals surface area (Å²) in [5.74, 6) is -0.329. The van der Waals surface area contributed by atoms with Crippen LogP contribution in [0.4, 0.5) is 0 Å². The maximum atomic E-state index is 12.5. The molecule has 0 fully saturated rings. The number of nitrogens with zero attached hydrogens (tertiary/aromatic N) is 3. The summed E-state index contributed by atoms with van der Waals surface area (Å²) in [4.78, 5) is 26.3. The second kappa shape index (κ2) is 6.48. The maximum absolute atomic E-state index is 12.5. The SMILES string of the molecule is CCc1nocc1CN(C)C(=O)c1cc(Br)c(C)n(C)c1=O. The molecular formula is C15H18BrN3O3. The molecule has 0 unspecified atom stereocenters. The number of halogens is 1. The fourth-order valence-electron chi connectivity index (χ4n) is 2.17. The Labute approximate surface area is 136 Å². The maximum Gasteiger partial charge on any atom is 0.263 e. The first kappa shape index (κ1) is 16.5. The third-order valence-corrected chi connectivity index (χ3v) is 4.51. The molecule has 22 heavy (non-hydrogen) atoms. The second-order valence-electron chi connectivity index (χ2n) is 5.16. The quantitative estimate of drug-likeness (QED) is 0.831. The summed E-state index contributed by atoms with van der Waals surface area (Å²) in [5, 5.41) is 3.89. The molecule has 0 aliphatic heterocycles. The highest BCUT2D eigenvalue weighted by molar-refractivity contribution is 9.10. The highest BCUT2D eigenvalue weighted by Crippen LogP contribution is 2.16. The average molecular weight is 368 g/mol. The molecule has 0 atom stereocenters. The zero-order valence-corrected chi connectivity index (χ0v) is 14.6. The summed E-state index contributed by atoms with van der Waals surface area (Å²) in [6, 6.07) is 1.57. The first-order valence-corrected chi connectivity index (χ1v) is 7.69. The second-order valence-corrected chi connectivity index (χ2v) is 6.01. The number of pyridine rings is 1. The van der Waals surface area contributed by atoms with E-state index in [-0.39, 0.29) is 17.0 Å². The van der Waals surface area contributed by atoms with Gasteiger partial charge in [0.25, 0.3) is 11.5 Å². The number of carbonyl (C=O) groups is 1. The van der Waals surface area contributed by atoms with Crippen LogP contribution in [0.3, 0.4) is 0 Å². The fraction of sp³-hybridized carbons (Fsp3) is 0.400. The van der Waals surface area contributed by atoms with Gasteiger partial charge in [0.2, 0.25) is 0 Å². The predicted molar refractivity (Wildman–Crippen MR) is 85.8 cm³/mol. The van der Waals surface area contributed by atoms with Crippen molar-refractivity contribution < 1.29 is 9.32 Å². The molecule has 7 heteroatoms. The zero-order chi connectivity index (χ0) is 16.4. The van der Waals surface area contributed by atoms with Gasteiger partial charge in [0.05, 0.1) is 12.2 Å². The molecule has 6 nitrogen and oxygen atoms in total. The van der Waals surface area contributed by atoms with Crippen LogP contribution in [0, 0.1) is 6.92 Å². The highest BCUT2D eigenvalue weighted by Gasteiger charge is 2.20. The molecule has 0 radical (unpaired) electrons. The van der Waals surface area contributed by atoms with Crippen molar-refractivity contribution in [3.63, 3.8) is 0 Å². The predicted octanol–water partition coefficient (Wildman–Crippen LogP) is 2.28. The summed E-state index contributed by atoms with van der Waals surface area (Å²) in [7, 11) is 3.30. The molecular weight excluding hydrogens is 350 g/mol.